The molecule has 4 heteroatoms. The van der Waals surface area contributed by atoms with Crippen LogP contribution in [0.4, 0.5) is 4.79 Å². The van der Waals surface area contributed by atoms with Gasteiger partial charge in [0.1, 0.15) is 6.61 Å². The summed E-state index contributed by atoms with van der Waals surface area (Å²) in [7, 11) is 0. The van der Waals surface area contributed by atoms with E-state index in [4.69, 9.17) is 4.74 Å². The fourth-order valence-corrected chi connectivity index (χ4v) is 5.84. The summed E-state index contributed by atoms with van der Waals surface area (Å²) in [5.41, 5.74) is 6.06. The van der Waals surface area contributed by atoms with Crippen LogP contribution < -0.4 is 5.32 Å². The number of rotatable bonds is 8. The number of amides is 1. The van der Waals surface area contributed by atoms with Crippen molar-refractivity contribution in [2.45, 2.75) is 31.2 Å². The number of alkyl carbamates (subject to hydrolysis) is 1. The summed E-state index contributed by atoms with van der Waals surface area (Å²) in [6, 6.07) is 31.5. The molecule has 4 aromatic rings. The minimum Gasteiger partial charge on any atom is -0.449 e. The number of aliphatic hydroxyl groups excluding tert-OH is 1. The second-order valence-corrected chi connectivity index (χ2v) is 10.2. The molecule has 0 heterocycles. The van der Waals surface area contributed by atoms with Crippen LogP contribution in [0.15, 0.2) is 91.0 Å². The molecule has 0 spiro atoms. The molecule has 2 aliphatic carbocycles. The highest BCUT2D eigenvalue weighted by atomic mass is 16.5. The molecule has 0 aromatic heterocycles. The fraction of sp³-hybridized carbons (Fsp3) is 0.281. The molecule has 1 amide bonds. The van der Waals surface area contributed by atoms with Gasteiger partial charge in [0.15, 0.2) is 0 Å². The average Bonchev–Trinajstić information content (AvgIpc) is 3.59. The zero-order valence-corrected chi connectivity index (χ0v) is 20.3. The van der Waals surface area contributed by atoms with Crippen molar-refractivity contribution in [1.82, 2.24) is 5.32 Å². The van der Waals surface area contributed by atoms with E-state index < -0.39 is 0 Å². The standard InChI is InChI=1S/C32H31NO3/c34-19-25-17-24(25)18-26(16-21-13-14-22-7-1-2-8-23(22)15-21)33-32(35)36-20-31-29-11-5-3-9-27(29)28-10-4-6-12-30(28)31/h1-15,24-26,31,34H,16-20H2,(H,33,35)/t24-,25+,26+/m0/s1. The number of ether oxygens (including phenoxy) is 1. The summed E-state index contributed by atoms with van der Waals surface area (Å²) in [6.07, 6.45) is 2.24. The van der Waals surface area contributed by atoms with Crippen LogP contribution in [-0.4, -0.2) is 30.5 Å². The van der Waals surface area contributed by atoms with E-state index in [0.717, 1.165) is 19.3 Å². The van der Waals surface area contributed by atoms with Crippen LogP contribution in [0.3, 0.4) is 0 Å². The van der Waals surface area contributed by atoms with E-state index in [9.17, 15) is 9.90 Å². The number of nitrogens with one attached hydrogen (secondary N) is 1. The van der Waals surface area contributed by atoms with E-state index in [-0.39, 0.29) is 24.7 Å². The van der Waals surface area contributed by atoms with Gasteiger partial charge in [-0.2, -0.15) is 0 Å². The van der Waals surface area contributed by atoms with Crippen molar-refractivity contribution in [2.75, 3.05) is 13.2 Å². The molecule has 4 aromatic carbocycles. The highest BCUT2D eigenvalue weighted by Gasteiger charge is 2.38. The molecular formula is C32H31NO3. The summed E-state index contributed by atoms with van der Waals surface area (Å²) in [6.45, 7) is 0.531. The van der Waals surface area contributed by atoms with Gasteiger partial charge >= 0.3 is 6.09 Å². The van der Waals surface area contributed by atoms with E-state index in [1.165, 1.54) is 38.6 Å². The first kappa shape index (κ1) is 22.8. The third-order valence-electron chi connectivity index (χ3n) is 7.85. The molecule has 0 saturated heterocycles. The van der Waals surface area contributed by atoms with Gasteiger partial charge < -0.3 is 15.2 Å². The Hall–Kier alpha value is -3.63. The van der Waals surface area contributed by atoms with Crippen LogP contribution in [0.2, 0.25) is 0 Å². The van der Waals surface area contributed by atoms with E-state index in [1.807, 2.05) is 18.2 Å². The molecule has 2 aliphatic rings. The molecule has 182 valence electrons. The van der Waals surface area contributed by atoms with Gasteiger partial charge in [0.2, 0.25) is 0 Å². The lowest BCUT2D eigenvalue weighted by Gasteiger charge is -2.21. The lowest BCUT2D eigenvalue weighted by molar-refractivity contribution is 0.138. The second-order valence-electron chi connectivity index (χ2n) is 10.2. The molecule has 0 radical (unpaired) electrons. The number of carbonyl (C=O) groups is 1. The van der Waals surface area contributed by atoms with Gasteiger partial charge in [0.25, 0.3) is 0 Å². The first-order chi connectivity index (χ1) is 17.7. The molecule has 2 N–H and O–H groups in total. The number of carbonyl (C=O) groups excluding carboxylic acids is 1. The van der Waals surface area contributed by atoms with Crippen molar-refractivity contribution >= 4 is 16.9 Å². The monoisotopic (exact) mass is 477 g/mol. The second kappa shape index (κ2) is 9.79. The Balaban J connectivity index is 1.15. The van der Waals surface area contributed by atoms with Crippen LogP contribution in [0.1, 0.15) is 35.4 Å². The Labute approximate surface area is 211 Å². The normalized spacial score (nSPS) is 18.9. The SMILES string of the molecule is O=C(N[C@H](Cc1ccc2ccccc2c1)C[C@@H]1C[C@@H]1CO)OCC1c2ccccc2-c2ccccc21. The zero-order chi connectivity index (χ0) is 24.5. The maximum atomic E-state index is 13.0. The van der Waals surface area contributed by atoms with Gasteiger partial charge in [-0.05, 0) is 69.7 Å². The van der Waals surface area contributed by atoms with Gasteiger partial charge in [0, 0.05) is 18.6 Å². The number of fused-ring (bicyclic) bond motifs is 4. The quantitative estimate of drug-likeness (QED) is 0.313. The third kappa shape index (κ3) is 4.61. The van der Waals surface area contributed by atoms with Gasteiger partial charge in [-0.15, -0.1) is 0 Å². The topological polar surface area (TPSA) is 58.6 Å². The summed E-state index contributed by atoms with van der Waals surface area (Å²) in [5.74, 6) is 0.854. The number of benzene rings is 4. The molecule has 0 aliphatic heterocycles. The minimum absolute atomic E-state index is 0.0386. The zero-order valence-electron chi connectivity index (χ0n) is 20.3. The molecule has 1 fully saturated rings. The van der Waals surface area contributed by atoms with E-state index in [0.29, 0.717) is 18.4 Å². The smallest absolute Gasteiger partial charge is 0.407 e. The van der Waals surface area contributed by atoms with E-state index in [2.05, 4.69) is 78.1 Å². The predicted octanol–water partition coefficient (Wildman–Crippen LogP) is 6.31. The van der Waals surface area contributed by atoms with Gasteiger partial charge in [-0.1, -0.05) is 91.0 Å². The first-order valence-corrected chi connectivity index (χ1v) is 12.9. The lowest BCUT2D eigenvalue weighted by atomic mass is 9.98. The largest absolute Gasteiger partial charge is 0.449 e. The van der Waals surface area contributed by atoms with Crippen LogP contribution >= 0.6 is 0 Å². The Morgan fingerprint density at radius 2 is 1.53 bits per heavy atom. The number of aliphatic hydroxyl groups is 1. The number of hydrogen-bond donors (Lipinski definition) is 2. The Morgan fingerprint density at radius 1 is 0.861 bits per heavy atom. The van der Waals surface area contributed by atoms with E-state index >= 15 is 0 Å². The van der Waals surface area contributed by atoms with Crippen molar-refractivity contribution in [3.05, 3.63) is 108 Å². The molecule has 0 bridgehead atoms. The first-order valence-electron chi connectivity index (χ1n) is 12.9. The lowest BCUT2D eigenvalue weighted by Crippen LogP contribution is -2.38. The van der Waals surface area contributed by atoms with Crippen molar-refractivity contribution in [3.8, 4) is 11.1 Å². The third-order valence-corrected chi connectivity index (χ3v) is 7.85. The minimum atomic E-state index is -0.371. The van der Waals surface area contributed by atoms with Crippen LogP contribution in [0.25, 0.3) is 21.9 Å². The highest BCUT2D eigenvalue weighted by molar-refractivity contribution is 5.83. The molecule has 0 unspecified atom stereocenters. The Kier molecular flexibility index (Phi) is 6.20. The maximum Gasteiger partial charge on any atom is 0.407 e. The molecular weight excluding hydrogens is 446 g/mol. The predicted molar refractivity (Wildman–Crippen MR) is 143 cm³/mol. The Bertz CT molecular complexity index is 1350. The Morgan fingerprint density at radius 3 is 2.22 bits per heavy atom. The van der Waals surface area contributed by atoms with Crippen LogP contribution in [-0.2, 0) is 11.2 Å². The summed E-state index contributed by atoms with van der Waals surface area (Å²) < 4.78 is 5.83. The van der Waals surface area contributed by atoms with Crippen molar-refractivity contribution in [1.29, 1.82) is 0 Å². The summed E-state index contributed by atoms with van der Waals surface area (Å²) in [4.78, 5) is 13.0. The van der Waals surface area contributed by atoms with Gasteiger partial charge in [-0.25, -0.2) is 4.79 Å². The highest BCUT2D eigenvalue weighted by Crippen LogP contribution is 2.44. The molecule has 3 atom stereocenters. The van der Waals surface area contributed by atoms with Gasteiger partial charge in [0.05, 0.1) is 0 Å². The number of hydrogen-bond acceptors (Lipinski definition) is 3. The van der Waals surface area contributed by atoms with Crippen molar-refractivity contribution in [3.63, 3.8) is 0 Å². The molecule has 4 nitrogen and oxygen atoms in total. The summed E-state index contributed by atoms with van der Waals surface area (Å²) in [5, 5.41) is 15.1. The van der Waals surface area contributed by atoms with Crippen molar-refractivity contribution in [2.24, 2.45) is 11.8 Å². The molecule has 6 rings (SSSR count). The van der Waals surface area contributed by atoms with E-state index in [1.54, 1.807) is 0 Å². The fourth-order valence-electron chi connectivity index (χ4n) is 5.84. The van der Waals surface area contributed by atoms with Gasteiger partial charge in [-0.3, -0.25) is 0 Å². The van der Waals surface area contributed by atoms with Crippen LogP contribution in [0.5, 0.6) is 0 Å². The molecule has 1 saturated carbocycles. The van der Waals surface area contributed by atoms with Crippen LogP contribution in [0, 0.1) is 11.8 Å². The maximum absolute atomic E-state index is 13.0. The summed E-state index contributed by atoms with van der Waals surface area (Å²) >= 11 is 0. The van der Waals surface area contributed by atoms with Crippen molar-refractivity contribution < 1.29 is 14.6 Å². The molecule has 36 heavy (non-hydrogen) atoms. The average molecular weight is 478 g/mol.